The molecule has 0 fully saturated rings. The smallest absolute Gasteiger partial charge is 0.342 e. The molecule has 0 bridgehead atoms. The minimum absolute atomic E-state index is 0.109. The van der Waals surface area contributed by atoms with E-state index in [0.717, 1.165) is 5.56 Å². The maximum atomic E-state index is 12.1. The van der Waals surface area contributed by atoms with E-state index in [2.05, 4.69) is 0 Å². The van der Waals surface area contributed by atoms with Crippen molar-refractivity contribution in [2.45, 2.75) is 18.9 Å². The Kier molecular flexibility index (Phi) is 3.26. The first-order chi connectivity index (χ1) is 11.6. The van der Waals surface area contributed by atoms with E-state index < -0.39 is 5.97 Å². The van der Waals surface area contributed by atoms with E-state index in [0.29, 0.717) is 22.8 Å². The van der Waals surface area contributed by atoms with Gasteiger partial charge in [0.25, 0.3) is 0 Å². The van der Waals surface area contributed by atoms with Crippen LogP contribution in [-0.4, -0.2) is 25.0 Å². The second-order valence-corrected chi connectivity index (χ2v) is 5.80. The number of ether oxygens (including phenoxy) is 4. The van der Waals surface area contributed by atoms with Crippen molar-refractivity contribution in [1.29, 1.82) is 0 Å². The Morgan fingerprint density at radius 1 is 1.17 bits per heavy atom. The van der Waals surface area contributed by atoms with Crippen molar-refractivity contribution < 1.29 is 28.8 Å². The van der Waals surface area contributed by atoms with Crippen LogP contribution in [0.2, 0.25) is 0 Å². The van der Waals surface area contributed by atoms with Crippen LogP contribution in [0.1, 0.15) is 40.4 Å². The zero-order chi connectivity index (χ0) is 16.8. The number of hydrogen-bond acceptors (Lipinski definition) is 6. The van der Waals surface area contributed by atoms with E-state index in [1.807, 2.05) is 25.1 Å². The highest BCUT2D eigenvalue weighted by Gasteiger charge is 2.38. The Hall–Kier alpha value is -2.89. The SMILES string of the molecule is COC(=O)c1c(O)ccc2c1C(C)C(c1ccc3c(c1)OCO3)O2. The fourth-order valence-electron chi connectivity index (χ4n) is 3.30. The molecular formula is C18H16O6. The molecule has 124 valence electrons. The van der Waals surface area contributed by atoms with Crippen LogP contribution < -0.4 is 14.2 Å². The molecule has 24 heavy (non-hydrogen) atoms. The van der Waals surface area contributed by atoms with Gasteiger partial charge in [-0.3, -0.25) is 0 Å². The molecular weight excluding hydrogens is 312 g/mol. The van der Waals surface area contributed by atoms with Crippen molar-refractivity contribution in [2.75, 3.05) is 13.9 Å². The van der Waals surface area contributed by atoms with Crippen molar-refractivity contribution >= 4 is 5.97 Å². The Morgan fingerprint density at radius 2 is 1.92 bits per heavy atom. The predicted octanol–water partition coefficient (Wildman–Crippen LogP) is 3.14. The Labute approximate surface area is 138 Å². The molecule has 0 aromatic heterocycles. The summed E-state index contributed by atoms with van der Waals surface area (Å²) in [5, 5.41) is 10.1. The van der Waals surface area contributed by atoms with Crippen molar-refractivity contribution in [3.63, 3.8) is 0 Å². The summed E-state index contributed by atoms with van der Waals surface area (Å²) in [6, 6.07) is 8.75. The van der Waals surface area contributed by atoms with Gasteiger partial charge in [-0.15, -0.1) is 0 Å². The van der Waals surface area contributed by atoms with Gasteiger partial charge in [0.05, 0.1) is 7.11 Å². The normalized spacial score (nSPS) is 20.4. The third-order valence-corrected chi connectivity index (χ3v) is 4.46. The summed E-state index contributed by atoms with van der Waals surface area (Å²) >= 11 is 0. The van der Waals surface area contributed by atoms with E-state index >= 15 is 0 Å². The van der Waals surface area contributed by atoms with Crippen LogP contribution >= 0.6 is 0 Å². The molecule has 0 aliphatic carbocycles. The number of benzene rings is 2. The second-order valence-electron chi connectivity index (χ2n) is 5.80. The van der Waals surface area contributed by atoms with Crippen LogP contribution in [0.5, 0.6) is 23.0 Å². The monoisotopic (exact) mass is 328 g/mol. The number of carbonyl (C=O) groups is 1. The van der Waals surface area contributed by atoms with Crippen LogP contribution in [0.4, 0.5) is 0 Å². The van der Waals surface area contributed by atoms with Crippen molar-refractivity contribution in [2.24, 2.45) is 0 Å². The standard InChI is InChI=1S/C18H16O6/c1-9-15-13(6-4-11(19)16(15)18(20)21-2)24-17(9)10-3-5-12-14(7-10)23-8-22-12/h3-7,9,17,19H,8H2,1-2H3. The molecule has 6 heteroatoms. The van der Waals surface area contributed by atoms with Gasteiger partial charge in [0, 0.05) is 11.5 Å². The number of phenolic OH excluding ortho intramolecular Hbond substituents is 1. The zero-order valence-corrected chi connectivity index (χ0v) is 13.2. The quantitative estimate of drug-likeness (QED) is 0.854. The van der Waals surface area contributed by atoms with Crippen molar-refractivity contribution in [3.05, 3.63) is 47.0 Å². The fourth-order valence-corrected chi connectivity index (χ4v) is 3.30. The number of hydrogen-bond donors (Lipinski definition) is 1. The Balaban J connectivity index is 1.76. The van der Waals surface area contributed by atoms with E-state index in [1.165, 1.54) is 13.2 Å². The van der Waals surface area contributed by atoms with Gasteiger partial charge < -0.3 is 24.1 Å². The van der Waals surface area contributed by atoms with Crippen LogP contribution in [-0.2, 0) is 4.74 Å². The molecule has 0 amide bonds. The summed E-state index contributed by atoms with van der Waals surface area (Å²) in [7, 11) is 1.29. The number of esters is 1. The summed E-state index contributed by atoms with van der Waals surface area (Å²) < 4.78 is 21.6. The van der Waals surface area contributed by atoms with Gasteiger partial charge in [-0.25, -0.2) is 4.79 Å². The summed E-state index contributed by atoms with van der Waals surface area (Å²) in [5.41, 5.74) is 1.73. The Bertz CT molecular complexity index is 828. The average molecular weight is 328 g/mol. The number of carbonyl (C=O) groups excluding carboxylic acids is 1. The van der Waals surface area contributed by atoms with Crippen LogP contribution in [0.3, 0.4) is 0 Å². The molecule has 0 radical (unpaired) electrons. The summed E-state index contributed by atoms with van der Waals surface area (Å²) in [6.45, 7) is 2.16. The first-order valence-electron chi connectivity index (χ1n) is 7.60. The highest BCUT2D eigenvalue weighted by atomic mass is 16.7. The number of methoxy groups -OCH3 is 1. The van der Waals surface area contributed by atoms with Crippen molar-refractivity contribution in [3.8, 4) is 23.0 Å². The lowest BCUT2D eigenvalue weighted by molar-refractivity contribution is 0.0595. The highest BCUT2D eigenvalue weighted by molar-refractivity contribution is 5.95. The van der Waals surface area contributed by atoms with Gasteiger partial charge >= 0.3 is 5.97 Å². The van der Waals surface area contributed by atoms with Gasteiger partial charge in [-0.2, -0.15) is 0 Å². The van der Waals surface area contributed by atoms with Gasteiger partial charge in [0.2, 0.25) is 6.79 Å². The van der Waals surface area contributed by atoms with E-state index in [9.17, 15) is 9.90 Å². The highest BCUT2D eigenvalue weighted by Crippen LogP contribution is 2.50. The molecule has 0 saturated heterocycles. The average Bonchev–Trinajstić information content (AvgIpc) is 3.18. The minimum atomic E-state index is -0.578. The zero-order valence-electron chi connectivity index (χ0n) is 13.2. The van der Waals surface area contributed by atoms with Gasteiger partial charge in [-0.1, -0.05) is 13.0 Å². The molecule has 0 spiro atoms. The third kappa shape index (κ3) is 2.06. The van der Waals surface area contributed by atoms with Crippen molar-refractivity contribution in [1.82, 2.24) is 0 Å². The van der Waals surface area contributed by atoms with Crippen LogP contribution in [0.15, 0.2) is 30.3 Å². The van der Waals surface area contributed by atoms with Crippen LogP contribution in [0.25, 0.3) is 0 Å². The third-order valence-electron chi connectivity index (χ3n) is 4.46. The van der Waals surface area contributed by atoms with Gasteiger partial charge in [0.1, 0.15) is 23.2 Å². The fraction of sp³-hybridized carbons (Fsp3) is 0.278. The second kappa shape index (κ2) is 5.33. The molecule has 2 aliphatic rings. The molecule has 2 unspecified atom stereocenters. The molecule has 6 nitrogen and oxygen atoms in total. The van der Waals surface area contributed by atoms with Gasteiger partial charge in [-0.05, 0) is 29.8 Å². The molecule has 1 N–H and O–H groups in total. The first kappa shape index (κ1) is 14.7. The maximum Gasteiger partial charge on any atom is 0.342 e. The molecule has 2 aromatic carbocycles. The topological polar surface area (TPSA) is 74.2 Å². The molecule has 2 heterocycles. The molecule has 4 rings (SSSR count). The predicted molar refractivity (Wildman–Crippen MR) is 83.8 cm³/mol. The largest absolute Gasteiger partial charge is 0.507 e. The lowest BCUT2D eigenvalue weighted by Gasteiger charge is -2.16. The maximum absolute atomic E-state index is 12.1. The number of aromatic hydroxyl groups is 1. The van der Waals surface area contributed by atoms with Gasteiger partial charge in [0.15, 0.2) is 11.5 Å². The summed E-state index contributed by atoms with van der Waals surface area (Å²) in [6.07, 6.45) is -0.292. The molecule has 0 saturated carbocycles. The number of rotatable bonds is 2. The first-order valence-corrected chi connectivity index (χ1v) is 7.60. The van der Waals surface area contributed by atoms with E-state index in [4.69, 9.17) is 18.9 Å². The summed E-state index contributed by atoms with van der Waals surface area (Å²) in [4.78, 5) is 12.1. The molecule has 2 aromatic rings. The van der Waals surface area contributed by atoms with Crippen LogP contribution in [0, 0.1) is 0 Å². The summed E-state index contributed by atoms with van der Waals surface area (Å²) in [5.74, 6) is 1.13. The minimum Gasteiger partial charge on any atom is -0.507 e. The van der Waals surface area contributed by atoms with E-state index in [-0.39, 0.29) is 30.1 Å². The number of fused-ring (bicyclic) bond motifs is 2. The lowest BCUT2D eigenvalue weighted by Crippen LogP contribution is -2.10. The molecule has 2 aliphatic heterocycles. The van der Waals surface area contributed by atoms with E-state index in [1.54, 1.807) is 6.07 Å². The molecule has 2 atom stereocenters. The number of phenols is 1. The Morgan fingerprint density at radius 3 is 2.71 bits per heavy atom. The lowest BCUT2D eigenvalue weighted by atomic mass is 9.89.